The number of nitrogens with one attached hydrogen (secondary N) is 1. The van der Waals surface area contributed by atoms with E-state index in [1.165, 1.54) is 9.87 Å². The minimum Gasteiger partial charge on any atom is -0.322 e. The molecule has 26 heavy (non-hydrogen) atoms. The average molecular weight is 372 g/mol. The molecule has 1 heterocycles. The molecule has 0 spiro atoms. The van der Waals surface area contributed by atoms with E-state index in [0.29, 0.717) is 24.2 Å². The molecule has 5 nitrogen and oxygen atoms in total. The maximum Gasteiger partial charge on any atom is 0.255 e. The summed E-state index contributed by atoms with van der Waals surface area (Å²) < 4.78 is 25.5. The summed E-state index contributed by atoms with van der Waals surface area (Å²) in [5.74, 6) is -0.0851. The van der Waals surface area contributed by atoms with Crippen molar-refractivity contribution in [3.63, 3.8) is 0 Å². The van der Waals surface area contributed by atoms with Crippen LogP contribution in [-0.4, -0.2) is 26.6 Å². The Balaban J connectivity index is 1.71. The van der Waals surface area contributed by atoms with Gasteiger partial charge in [0.1, 0.15) is 0 Å². The van der Waals surface area contributed by atoms with Crippen molar-refractivity contribution in [3.05, 3.63) is 59.7 Å². The molecule has 1 aliphatic rings. The van der Waals surface area contributed by atoms with Gasteiger partial charge >= 0.3 is 0 Å². The Kier molecular flexibility index (Phi) is 5.61. The van der Waals surface area contributed by atoms with Gasteiger partial charge in [-0.05, 0) is 55.2 Å². The minimum absolute atomic E-state index is 0.161. The molecule has 0 unspecified atom stereocenters. The van der Waals surface area contributed by atoms with Gasteiger partial charge in [-0.25, -0.2) is 8.42 Å². The van der Waals surface area contributed by atoms with Crippen molar-refractivity contribution in [1.29, 1.82) is 0 Å². The first-order valence-corrected chi connectivity index (χ1v) is 10.6. The zero-order valence-corrected chi connectivity index (χ0v) is 15.8. The first kappa shape index (κ1) is 18.5. The monoisotopic (exact) mass is 372 g/mol. The van der Waals surface area contributed by atoms with Gasteiger partial charge < -0.3 is 5.32 Å². The summed E-state index contributed by atoms with van der Waals surface area (Å²) in [7, 11) is -3.25. The van der Waals surface area contributed by atoms with Crippen molar-refractivity contribution < 1.29 is 13.2 Å². The van der Waals surface area contributed by atoms with E-state index in [4.69, 9.17) is 0 Å². The standard InChI is InChI=1S/C20H24N2O3S/c1-2-3-6-16-9-11-18(12-10-16)21-20(23)17-7-4-8-19(15-17)22-13-5-14-26(22,24)25/h4,7-12,15H,2-3,5-6,13-14H2,1H3,(H,21,23). The van der Waals surface area contributed by atoms with Crippen LogP contribution < -0.4 is 9.62 Å². The molecule has 1 fully saturated rings. The van der Waals surface area contributed by atoms with Crippen LogP contribution in [0.15, 0.2) is 48.5 Å². The number of anilines is 2. The van der Waals surface area contributed by atoms with Crippen LogP contribution in [0.2, 0.25) is 0 Å². The summed E-state index contributed by atoms with van der Waals surface area (Å²) in [5.41, 5.74) is 2.98. The van der Waals surface area contributed by atoms with Gasteiger partial charge in [0.25, 0.3) is 5.91 Å². The van der Waals surface area contributed by atoms with Crippen molar-refractivity contribution in [1.82, 2.24) is 0 Å². The third-order valence-electron chi connectivity index (χ3n) is 4.53. The van der Waals surface area contributed by atoms with Crippen molar-refractivity contribution in [2.24, 2.45) is 0 Å². The molecule has 0 bridgehead atoms. The van der Waals surface area contributed by atoms with Gasteiger partial charge in [-0.15, -0.1) is 0 Å². The van der Waals surface area contributed by atoms with Crippen molar-refractivity contribution in [2.45, 2.75) is 32.6 Å². The number of amides is 1. The summed E-state index contributed by atoms with van der Waals surface area (Å²) in [6.45, 7) is 2.63. The third kappa shape index (κ3) is 4.25. The molecule has 1 aliphatic heterocycles. The highest BCUT2D eigenvalue weighted by atomic mass is 32.2. The summed E-state index contributed by atoms with van der Waals surface area (Å²) in [5, 5.41) is 2.87. The molecule has 138 valence electrons. The molecule has 6 heteroatoms. The zero-order valence-electron chi connectivity index (χ0n) is 14.9. The summed E-state index contributed by atoms with van der Waals surface area (Å²) in [4.78, 5) is 12.5. The van der Waals surface area contributed by atoms with E-state index in [2.05, 4.69) is 12.2 Å². The Hall–Kier alpha value is -2.34. The fourth-order valence-electron chi connectivity index (χ4n) is 3.07. The molecule has 1 saturated heterocycles. The van der Waals surface area contributed by atoms with Crippen molar-refractivity contribution in [3.8, 4) is 0 Å². The molecule has 2 aromatic carbocycles. The highest BCUT2D eigenvalue weighted by Crippen LogP contribution is 2.25. The zero-order chi connectivity index (χ0) is 18.6. The van der Waals surface area contributed by atoms with Crippen LogP contribution in [0, 0.1) is 0 Å². The van der Waals surface area contributed by atoms with E-state index in [-0.39, 0.29) is 11.7 Å². The first-order valence-electron chi connectivity index (χ1n) is 9.00. The van der Waals surface area contributed by atoms with Crippen LogP contribution in [-0.2, 0) is 16.4 Å². The highest BCUT2D eigenvalue weighted by Gasteiger charge is 2.28. The number of nitrogens with zero attached hydrogens (tertiary/aromatic N) is 1. The lowest BCUT2D eigenvalue weighted by Gasteiger charge is -2.17. The highest BCUT2D eigenvalue weighted by molar-refractivity contribution is 7.93. The lowest BCUT2D eigenvalue weighted by atomic mass is 10.1. The number of carbonyl (C=O) groups is 1. The summed E-state index contributed by atoms with van der Waals surface area (Å²) in [6.07, 6.45) is 3.96. The topological polar surface area (TPSA) is 66.5 Å². The molecule has 2 aromatic rings. The lowest BCUT2D eigenvalue weighted by molar-refractivity contribution is 0.102. The maximum atomic E-state index is 12.5. The number of unbranched alkanes of at least 4 members (excludes halogenated alkanes) is 1. The second-order valence-corrected chi connectivity index (χ2v) is 8.56. The van der Waals surface area contributed by atoms with Crippen LogP contribution in [0.3, 0.4) is 0 Å². The average Bonchev–Trinajstić information content (AvgIpc) is 3.00. The van der Waals surface area contributed by atoms with Crippen LogP contribution in [0.4, 0.5) is 11.4 Å². The Bertz CT molecular complexity index is 876. The minimum atomic E-state index is -3.25. The van der Waals surface area contributed by atoms with Gasteiger partial charge in [0.05, 0.1) is 11.4 Å². The molecule has 0 radical (unpaired) electrons. The van der Waals surface area contributed by atoms with E-state index in [1.54, 1.807) is 24.3 Å². The number of aryl methyl sites for hydroxylation is 1. The predicted octanol–water partition coefficient (Wildman–Crippen LogP) is 3.82. The second kappa shape index (κ2) is 7.91. The summed E-state index contributed by atoms with van der Waals surface area (Å²) in [6, 6.07) is 14.6. The van der Waals surface area contributed by atoms with E-state index in [9.17, 15) is 13.2 Å². The van der Waals surface area contributed by atoms with Gasteiger partial charge in [0.2, 0.25) is 10.0 Å². The van der Waals surface area contributed by atoms with Crippen molar-refractivity contribution >= 4 is 27.3 Å². The van der Waals surface area contributed by atoms with E-state index < -0.39 is 10.0 Å². The van der Waals surface area contributed by atoms with Gasteiger partial charge in [0, 0.05) is 17.8 Å². The SMILES string of the molecule is CCCCc1ccc(NC(=O)c2cccc(N3CCCS3(=O)=O)c2)cc1. The molecule has 1 N–H and O–H groups in total. The summed E-state index contributed by atoms with van der Waals surface area (Å²) >= 11 is 0. The van der Waals surface area contributed by atoms with E-state index in [0.717, 1.165) is 24.9 Å². The molecular formula is C20H24N2O3S. The smallest absolute Gasteiger partial charge is 0.255 e. The number of hydrogen-bond donors (Lipinski definition) is 1. The van der Waals surface area contributed by atoms with Gasteiger partial charge in [0.15, 0.2) is 0 Å². The van der Waals surface area contributed by atoms with Crippen LogP contribution in [0.25, 0.3) is 0 Å². The largest absolute Gasteiger partial charge is 0.322 e. The van der Waals surface area contributed by atoms with E-state index >= 15 is 0 Å². The number of sulfonamides is 1. The fourth-order valence-corrected chi connectivity index (χ4v) is 4.63. The Morgan fingerprint density at radius 2 is 1.92 bits per heavy atom. The molecule has 0 aromatic heterocycles. The second-order valence-electron chi connectivity index (χ2n) is 6.55. The van der Waals surface area contributed by atoms with Crippen molar-refractivity contribution in [2.75, 3.05) is 21.9 Å². The van der Waals surface area contributed by atoms with Crippen LogP contribution in [0.5, 0.6) is 0 Å². The van der Waals surface area contributed by atoms with E-state index in [1.807, 2.05) is 24.3 Å². The predicted molar refractivity (Wildman–Crippen MR) is 105 cm³/mol. The van der Waals surface area contributed by atoms with Gasteiger partial charge in [-0.2, -0.15) is 0 Å². The molecule has 3 rings (SSSR count). The Morgan fingerprint density at radius 3 is 2.58 bits per heavy atom. The molecule has 0 atom stereocenters. The van der Waals surface area contributed by atoms with Crippen LogP contribution >= 0.6 is 0 Å². The van der Waals surface area contributed by atoms with Gasteiger partial charge in [-0.1, -0.05) is 31.5 Å². The quantitative estimate of drug-likeness (QED) is 0.838. The molecule has 0 aliphatic carbocycles. The number of hydrogen-bond acceptors (Lipinski definition) is 3. The maximum absolute atomic E-state index is 12.5. The number of carbonyl (C=O) groups excluding carboxylic acids is 1. The molecule has 0 saturated carbocycles. The fraction of sp³-hybridized carbons (Fsp3) is 0.350. The number of rotatable bonds is 6. The van der Waals surface area contributed by atoms with Gasteiger partial charge in [-0.3, -0.25) is 9.10 Å². The Morgan fingerprint density at radius 1 is 1.15 bits per heavy atom. The van der Waals surface area contributed by atoms with Crippen LogP contribution in [0.1, 0.15) is 42.1 Å². The normalized spacial score (nSPS) is 15.8. The number of benzene rings is 2. The Labute approximate surface area is 155 Å². The molecular weight excluding hydrogens is 348 g/mol. The third-order valence-corrected chi connectivity index (χ3v) is 6.40. The lowest BCUT2D eigenvalue weighted by Crippen LogP contribution is -2.25. The first-order chi connectivity index (χ1) is 12.5. The molecule has 1 amide bonds.